The summed E-state index contributed by atoms with van der Waals surface area (Å²) in [7, 11) is 2.07. The maximum absolute atomic E-state index is 11.9. The third-order valence-electron chi connectivity index (χ3n) is 2.95. The van der Waals surface area contributed by atoms with Crippen molar-refractivity contribution in [1.82, 2.24) is 4.90 Å². The molecule has 92 valence electrons. The average molecular weight is 231 g/mol. The lowest BCUT2D eigenvalue weighted by Crippen LogP contribution is -2.19. The molecule has 0 bridgehead atoms. The van der Waals surface area contributed by atoms with Crippen LogP contribution in [0.1, 0.15) is 35.7 Å². The molecule has 0 aliphatic heterocycles. The Morgan fingerprint density at radius 2 is 2.00 bits per heavy atom. The van der Waals surface area contributed by atoms with E-state index in [4.69, 9.17) is 0 Å². The number of carbonyl (C=O) groups excluding carboxylic acids is 1. The first-order valence-electron chi connectivity index (χ1n) is 6.11. The van der Waals surface area contributed by atoms with E-state index in [1.807, 2.05) is 24.3 Å². The Labute approximate surface area is 104 Å². The van der Waals surface area contributed by atoms with Gasteiger partial charge in [-0.2, -0.15) is 0 Å². The highest BCUT2D eigenvalue weighted by Gasteiger charge is 2.05. The Kier molecular flexibility index (Phi) is 5.64. The van der Waals surface area contributed by atoms with Crippen molar-refractivity contribution < 1.29 is 4.79 Å². The summed E-state index contributed by atoms with van der Waals surface area (Å²) in [6, 6.07) is 7.61. The minimum absolute atomic E-state index is 0.227. The van der Waals surface area contributed by atoms with Crippen LogP contribution in [0.25, 0.3) is 6.08 Å². The molecule has 0 heterocycles. The number of hydrogen-bond donors (Lipinski definition) is 0. The van der Waals surface area contributed by atoms with Crippen LogP contribution in [0, 0.1) is 0 Å². The topological polar surface area (TPSA) is 20.3 Å². The second-order valence-electron chi connectivity index (χ2n) is 4.25. The van der Waals surface area contributed by atoms with Crippen molar-refractivity contribution in [2.75, 3.05) is 20.1 Å². The van der Waals surface area contributed by atoms with Crippen molar-refractivity contribution in [2.24, 2.45) is 0 Å². The fourth-order valence-corrected chi connectivity index (χ4v) is 1.62. The van der Waals surface area contributed by atoms with E-state index < -0.39 is 0 Å². The van der Waals surface area contributed by atoms with Gasteiger partial charge in [0.25, 0.3) is 0 Å². The summed E-state index contributed by atoms with van der Waals surface area (Å²) in [6.07, 6.45) is 3.33. The van der Waals surface area contributed by atoms with Crippen LogP contribution in [0.4, 0.5) is 0 Å². The minimum Gasteiger partial charge on any atom is -0.307 e. The van der Waals surface area contributed by atoms with E-state index in [9.17, 15) is 4.79 Å². The molecule has 0 N–H and O–H groups in total. The van der Waals surface area contributed by atoms with Crippen LogP contribution >= 0.6 is 0 Å². The van der Waals surface area contributed by atoms with E-state index in [1.165, 1.54) is 0 Å². The molecule has 0 unspecified atom stereocenters. The second kappa shape index (κ2) is 7.02. The molecule has 0 radical (unpaired) electrons. The maximum atomic E-state index is 11.9. The van der Waals surface area contributed by atoms with Crippen LogP contribution in [-0.2, 0) is 0 Å². The van der Waals surface area contributed by atoms with E-state index in [0.29, 0.717) is 6.42 Å². The summed E-state index contributed by atoms with van der Waals surface area (Å²) in [6.45, 7) is 7.82. The van der Waals surface area contributed by atoms with Crippen LogP contribution in [-0.4, -0.2) is 30.8 Å². The van der Waals surface area contributed by atoms with E-state index in [2.05, 4.69) is 25.5 Å². The highest BCUT2D eigenvalue weighted by Crippen LogP contribution is 2.09. The largest absolute Gasteiger partial charge is 0.307 e. The SMILES string of the molecule is C=Cc1ccc(C(=O)CCCN(C)CC)cc1. The van der Waals surface area contributed by atoms with Gasteiger partial charge in [0.1, 0.15) is 0 Å². The zero-order valence-electron chi connectivity index (χ0n) is 10.8. The molecule has 2 heteroatoms. The van der Waals surface area contributed by atoms with Gasteiger partial charge in [0, 0.05) is 12.0 Å². The molecule has 0 aliphatic rings. The van der Waals surface area contributed by atoms with Crippen LogP contribution in [0.15, 0.2) is 30.8 Å². The van der Waals surface area contributed by atoms with Gasteiger partial charge < -0.3 is 4.90 Å². The van der Waals surface area contributed by atoms with Crippen molar-refractivity contribution >= 4 is 11.9 Å². The zero-order valence-corrected chi connectivity index (χ0v) is 10.8. The van der Waals surface area contributed by atoms with Crippen LogP contribution in [0.5, 0.6) is 0 Å². The monoisotopic (exact) mass is 231 g/mol. The van der Waals surface area contributed by atoms with E-state index in [-0.39, 0.29) is 5.78 Å². The van der Waals surface area contributed by atoms with Crippen molar-refractivity contribution in [1.29, 1.82) is 0 Å². The number of Topliss-reactive ketones (excluding diaryl/α,β-unsaturated/α-hetero) is 1. The smallest absolute Gasteiger partial charge is 0.162 e. The molecule has 0 saturated heterocycles. The van der Waals surface area contributed by atoms with E-state index in [0.717, 1.165) is 30.6 Å². The first-order chi connectivity index (χ1) is 8.17. The fourth-order valence-electron chi connectivity index (χ4n) is 1.62. The summed E-state index contributed by atoms with van der Waals surface area (Å²) in [5.74, 6) is 0.227. The lowest BCUT2D eigenvalue weighted by Gasteiger charge is -2.12. The molecular weight excluding hydrogens is 210 g/mol. The van der Waals surface area contributed by atoms with E-state index in [1.54, 1.807) is 6.08 Å². The van der Waals surface area contributed by atoms with Crippen molar-refractivity contribution in [2.45, 2.75) is 19.8 Å². The first kappa shape index (κ1) is 13.7. The third-order valence-corrected chi connectivity index (χ3v) is 2.95. The van der Waals surface area contributed by atoms with Crippen molar-refractivity contribution in [3.63, 3.8) is 0 Å². The van der Waals surface area contributed by atoms with Gasteiger partial charge in [0.05, 0.1) is 0 Å². The number of nitrogens with zero attached hydrogens (tertiary/aromatic N) is 1. The molecule has 0 saturated carbocycles. The van der Waals surface area contributed by atoms with Gasteiger partial charge in [-0.1, -0.05) is 43.8 Å². The zero-order chi connectivity index (χ0) is 12.7. The average Bonchev–Trinajstić information content (AvgIpc) is 2.38. The molecule has 0 fully saturated rings. The Morgan fingerprint density at radius 1 is 1.35 bits per heavy atom. The van der Waals surface area contributed by atoms with Gasteiger partial charge >= 0.3 is 0 Å². The number of rotatable bonds is 7. The molecule has 1 aromatic carbocycles. The Morgan fingerprint density at radius 3 is 2.53 bits per heavy atom. The highest BCUT2D eigenvalue weighted by atomic mass is 16.1. The number of benzene rings is 1. The predicted octanol–water partition coefficient (Wildman–Crippen LogP) is 3.24. The van der Waals surface area contributed by atoms with Gasteiger partial charge in [-0.25, -0.2) is 0 Å². The summed E-state index contributed by atoms with van der Waals surface area (Å²) < 4.78 is 0. The first-order valence-corrected chi connectivity index (χ1v) is 6.11. The molecule has 0 spiro atoms. The Balaban J connectivity index is 2.44. The van der Waals surface area contributed by atoms with Gasteiger partial charge in [-0.05, 0) is 32.1 Å². The third kappa shape index (κ3) is 4.53. The summed E-state index contributed by atoms with van der Waals surface area (Å²) >= 11 is 0. The van der Waals surface area contributed by atoms with Crippen molar-refractivity contribution in [3.8, 4) is 0 Å². The molecule has 2 nitrogen and oxygen atoms in total. The quantitative estimate of drug-likeness (QED) is 0.671. The fraction of sp³-hybridized carbons (Fsp3) is 0.400. The standard InChI is InChI=1S/C15H21NO/c1-4-13-8-10-14(11-9-13)15(17)7-6-12-16(3)5-2/h4,8-11H,1,5-7,12H2,2-3H3. The van der Waals surface area contributed by atoms with Crippen LogP contribution in [0.3, 0.4) is 0 Å². The maximum Gasteiger partial charge on any atom is 0.162 e. The molecule has 1 rings (SSSR count). The molecule has 0 amide bonds. The van der Waals surface area contributed by atoms with Crippen LogP contribution < -0.4 is 0 Å². The number of carbonyl (C=O) groups is 1. The van der Waals surface area contributed by atoms with Gasteiger partial charge in [-0.15, -0.1) is 0 Å². The summed E-state index contributed by atoms with van der Waals surface area (Å²) in [5, 5.41) is 0. The van der Waals surface area contributed by atoms with E-state index >= 15 is 0 Å². The normalized spacial score (nSPS) is 10.5. The number of ketones is 1. The summed E-state index contributed by atoms with van der Waals surface area (Å²) in [5.41, 5.74) is 1.85. The minimum atomic E-state index is 0.227. The van der Waals surface area contributed by atoms with Gasteiger partial charge in [0.2, 0.25) is 0 Å². The lowest BCUT2D eigenvalue weighted by atomic mass is 10.0. The summed E-state index contributed by atoms with van der Waals surface area (Å²) in [4.78, 5) is 14.1. The van der Waals surface area contributed by atoms with Crippen molar-refractivity contribution in [3.05, 3.63) is 42.0 Å². The van der Waals surface area contributed by atoms with Gasteiger partial charge in [0.15, 0.2) is 5.78 Å². The van der Waals surface area contributed by atoms with Gasteiger partial charge in [-0.3, -0.25) is 4.79 Å². The Bertz CT molecular complexity index is 367. The Hall–Kier alpha value is -1.41. The lowest BCUT2D eigenvalue weighted by molar-refractivity contribution is 0.0976. The molecule has 1 aromatic rings. The molecular formula is C15H21NO. The van der Waals surface area contributed by atoms with Crippen LogP contribution in [0.2, 0.25) is 0 Å². The second-order valence-corrected chi connectivity index (χ2v) is 4.25. The number of hydrogen-bond acceptors (Lipinski definition) is 2. The molecule has 0 atom stereocenters. The molecule has 0 aromatic heterocycles. The molecule has 17 heavy (non-hydrogen) atoms. The highest BCUT2D eigenvalue weighted by molar-refractivity contribution is 5.96. The predicted molar refractivity (Wildman–Crippen MR) is 73.3 cm³/mol. The molecule has 0 aliphatic carbocycles.